The normalized spacial score (nSPS) is 11.0. The van der Waals surface area contributed by atoms with Gasteiger partial charge in [-0.1, -0.05) is 18.5 Å². The Morgan fingerprint density at radius 2 is 2.05 bits per heavy atom. The number of amides is 2. The third-order valence-corrected chi connectivity index (χ3v) is 3.16. The van der Waals surface area contributed by atoms with Crippen LogP contribution in [0.1, 0.15) is 37.6 Å². The highest BCUT2D eigenvalue weighted by Crippen LogP contribution is 2.16. The van der Waals surface area contributed by atoms with Crippen molar-refractivity contribution in [1.82, 2.24) is 10.3 Å². The lowest BCUT2D eigenvalue weighted by Gasteiger charge is -2.20. The van der Waals surface area contributed by atoms with Crippen LogP contribution in [0, 0.1) is 5.41 Å². The van der Waals surface area contributed by atoms with Gasteiger partial charge in [-0.25, -0.2) is 4.98 Å². The van der Waals surface area contributed by atoms with Gasteiger partial charge >= 0.3 is 0 Å². The van der Waals surface area contributed by atoms with Crippen LogP contribution in [-0.4, -0.2) is 29.9 Å². The van der Waals surface area contributed by atoms with Crippen LogP contribution < -0.4 is 16.4 Å². The van der Waals surface area contributed by atoms with Gasteiger partial charge in [-0.3, -0.25) is 9.59 Å². The number of halogens is 1. The van der Waals surface area contributed by atoms with Gasteiger partial charge in [0.05, 0.1) is 5.41 Å². The summed E-state index contributed by atoms with van der Waals surface area (Å²) in [6.07, 6.45) is 0.933. The molecular weight excluding hydrogens is 292 g/mol. The van der Waals surface area contributed by atoms with Gasteiger partial charge in [-0.15, -0.1) is 0 Å². The second kappa shape index (κ2) is 7.26. The lowest BCUT2D eigenvalue weighted by atomic mass is 9.92. The molecule has 1 aromatic rings. The summed E-state index contributed by atoms with van der Waals surface area (Å²) in [5.41, 5.74) is 4.84. The Labute approximate surface area is 129 Å². The van der Waals surface area contributed by atoms with Crippen molar-refractivity contribution in [3.8, 4) is 0 Å². The molecule has 0 aliphatic carbocycles. The second-order valence-corrected chi connectivity index (χ2v) is 5.81. The van der Waals surface area contributed by atoms with Crippen molar-refractivity contribution in [1.29, 1.82) is 0 Å². The summed E-state index contributed by atoms with van der Waals surface area (Å²) >= 11 is 5.91. The number of hydrogen-bond donors (Lipinski definition) is 3. The highest BCUT2D eigenvalue weighted by molar-refractivity contribution is 6.29. The van der Waals surface area contributed by atoms with E-state index in [-0.39, 0.29) is 17.6 Å². The highest BCUT2D eigenvalue weighted by atomic mass is 35.5. The molecule has 4 N–H and O–H groups in total. The number of hydrogen-bond acceptors (Lipinski definition) is 4. The van der Waals surface area contributed by atoms with E-state index in [2.05, 4.69) is 15.6 Å². The van der Waals surface area contributed by atoms with Crippen molar-refractivity contribution in [3.63, 3.8) is 0 Å². The summed E-state index contributed by atoms with van der Waals surface area (Å²) in [5.74, 6) is -0.252. The SMILES string of the molecule is CCCNc1cc(C(=O)NCC(C)(C)C(N)=O)cc(Cl)n1. The van der Waals surface area contributed by atoms with Gasteiger partial charge in [0.15, 0.2) is 0 Å². The molecule has 1 aromatic heterocycles. The van der Waals surface area contributed by atoms with Crippen molar-refractivity contribution < 1.29 is 9.59 Å². The van der Waals surface area contributed by atoms with E-state index in [0.29, 0.717) is 11.4 Å². The third kappa shape index (κ3) is 5.23. The zero-order valence-electron chi connectivity index (χ0n) is 12.5. The second-order valence-electron chi connectivity index (χ2n) is 5.42. The first-order chi connectivity index (χ1) is 9.76. The Morgan fingerprint density at radius 1 is 1.38 bits per heavy atom. The smallest absolute Gasteiger partial charge is 0.251 e. The predicted octanol–water partition coefficient (Wildman–Crippen LogP) is 1.80. The van der Waals surface area contributed by atoms with Crippen LogP contribution in [0.15, 0.2) is 12.1 Å². The molecule has 1 heterocycles. The Balaban J connectivity index is 2.78. The summed E-state index contributed by atoms with van der Waals surface area (Å²) in [6, 6.07) is 3.10. The lowest BCUT2D eigenvalue weighted by Crippen LogP contribution is -2.42. The summed E-state index contributed by atoms with van der Waals surface area (Å²) in [5, 5.41) is 5.98. The van der Waals surface area contributed by atoms with E-state index >= 15 is 0 Å². The molecule has 0 aromatic carbocycles. The van der Waals surface area contributed by atoms with Gasteiger partial charge < -0.3 is 16.4 Å². The lowest BCUT2D eigenvalue weighted by molar-refractivity contribution is -0.125. The molecule has 0 spiro atoms. The molecule has 0 saturated heterocycles. The number of nitrogens with zero attached hydrogens (tertiary/aromatic N) is 1. The fourth-order valence-electron chi connectivity index (χ4n) is 1.46. The number of nitrogens with two attached hydrogens (primary N) is 1. The molecule has 1 rings (SSSR count). The number of carbonyl (C=O) groups is 2. The van der Waals surface area contributed by atoms with Crippen LogP contribution in [-0.2, 0) is 4.79 Å². The maximum absolute atomic E-state index is 12.1. The number of aromatic nitrogens is 1. The van der Waals surface area contributed by atoms with E-state index in [0.717, 1.165) is 13.0 Å². The molecule has 116 valence electrons. The zero-order valence-corrected chi connectivity index (χ0v) is 13.3. The molecule has 7 heteroatoms. The monoisotopic (exact) mass is 312 g/mol. The van der Waals surface area contributed by atoms with Crippen LogP contribution in [0.25, 0.3) is 0 Å². The van der Waals surface area contributed by atoms with E-state index in [9.17, 15) is 9.59 Å². The van der Waals surface area contributed by atoms with Crippen LogP contribution >= 0.6 is 11.6 Å². The van der Waals surface area contributed by atoms with Crippen LogP contribution in [0.2, 0.25) is 5.15 Å². The summed E-state index contributed by atoms with van der Waals surface area (Å²) < 4.78 is 0. The molecule has 0 atom stereocenters. The quantitative estimate of drug-likeness (QED) is 0.669. The molecule has 0 fully saturated rings. The van der Waals surface area contributed by atoms with Gasteiger partial charge in [-0.2, -0.15) is 0 Å². The number of pyridine rings is 1. The minimum absolute atomic E-state index is 0.152. The molecular formula is C14H21ClN4O2. The summed E-state index contributed by atoms with van der Waals surface area (Å²) in [7, 11) is 0. The number of rotatable bonds is 7. The molecule has 0 radical (unpaired) electrons. The van der Waals surface area contributed by atoms with Gasteiger partial charge in [0.25, 0.3) is 5.91 Å². The van der Waals surface area contributed by atoms with E-state index in [1.54, 1.807) is 19.9 Å². The molecule has 0 aliphatic rings. The number of carbonyl (C=O) groups excluding carboxylic acids is 2. The summed E-state index contributed by atoms with van der Waals surface area (Å²) in [4.78, 5) is 27.4. The summed E-state index contributed by atoms with van der Waals surface area (Å²) in [6.45, 7) is 6.26. The maximum atomic E-state index is 12.1. The van der Waals surface area contributed by atoms with Gasteiger partial charge in [0.2, 0.25) is 5.91 Å². The Hall–Kier alpha value is -1.82. The molecule has 0 saturated carbocycles. The van der Waals surface area contributed by atoms with Crippen molar-refractivity contribution in [2.24, 2.45) is 11.1 Å². The molecule has 21 heavy (non-hydrogen) atoms. The van der Waals surface area contributed by atoms with Crippen molar-refractivity contribution in [3.05, 3.63) is 22.8 Å². The number of anilines is 1. The standard InChI is InChI=1S/C14H21ClN4O2/c1-4-5-17-11-7-9(6-10(15)19-11)12(20)18-8-14(2,3)13(16)21/h6-7H,4-5,8H2,1-3H3,(H2,16,21)(H,17,19)(H,18,20). The van der Waals surface area contributed by atoms with Crippen LogP contribution in [0.4, 0.5) is 5.82 Å². The Morgan fingerprint density at radius 3 is 2.62 bits per heavy atom. The van der Waals surface area contributed by atoms with Crippen molar-refractivity contribution in [2.75, 3.05) is 18.4 Å². The number of primary amides is 1. The first kappa shape index (κ1) is 17.2. The maximum Gasteiger partial charge on any atom is 0.251 e. The fourth-order valence-corrected chi connectivity index (χ4v) is 1.67. The average Bonchev–Trinajstić information content (AvgIpc) is 2.41. The minimum atomic E-state index is -0.810. The number of nitrogens with one attached hydrogen (secondary N) is 2. The topological polar surface area (TPSA) is 97.1 Å². The first-order valence-corrected chi connectivity index (χ1v) is 7.13. The van der Waals surface area contributed by atoms with Crippen LogP contribution in [0.5, 0.6) is 0 Å². The molecule has 2 amide bonds. The first-order valence-electron chi connectivity index (χ1n) is 6.76. The van der Waals surface area contributed by atoms with Crippen LogP contribution in [0.3, 0.4) is 0 Å². The molecule has 0 aliphatic heterocycles. The van der Waals surface area contributed by atoms with E-state index in [1.165, 1.54) is 6.07 Å². The Kier molecular flexibility index (Phi) is 5.96. The minimum Gasteiger partial charge on any atom is -0.370 e. The third-order valence-electron chi connectivity index (χ3n) is 2.97. The van der Waals surface area contributed by atoms with Crippen molar-refractivity contribution in [2.45, 2.75) is 27.2 Å². The highest BCUT2D eigenvalue weighted by Gasteiger charge is 2.25. The van der Waals surface area contributed by atoms with E-state index in [4.69, 9.17) is 17.3 Å². The van der Waals surface area contributed by atoms with Gasteiger partial charge in [0, 0.05) is 18.7 Å². The van der Waals surface area contributed by atoms with Gasteiger partial charge in [0.1, 0.15) is 11.0 Å². The molecule has 0 unspecified atom stereocenters. The Bertz CT molecular complexity index is 532. The predicted molar refractivity (Wildman–Crippen MR) is 83.3 cm³/mol. The molecule has 0 bridgehead atoms. The van der Waals surface area contributed by atoms with Gasteiger partial charge in [-0.05, 0) is 32.4 Å². The molecule has 6 nitrogen and oxygen atoms in total. The zero-order chi connectivity index (χ0) is 16.0. The largest absolute Gasteiger partial charge is 0.370 e. The van der Waals surface area contributed by atoms with Crippen molar-refractivity contribution >= 4 is 29.2 Å². The van der Waals surface area contributed by atoms with E-state index < -0.39 is 11.3 Å². The van der Waals surface area contributed by atoms with E-state index in [1.807, 2.05) is 6.92 Å². The fraction of sp³-hybridized carbons (Fsp3) is 0.500. The average molecular weight is 313 g/mol.